The first-order valence-corrected chi connectivity index (χ1v) is 7.69. The highest BCUT2D eigenvalue weighted by molar-refractivity contribution is 6.33. The Morgan fingerprint density at radius 3 is 2.63 bits per heavy atom. The number of halogens is 1. The SMILES string of the molecule is CC(N)Cc1ccc(N(C)CC2CCCC2)c(Cl)c1. The molecule has 1 aromatic rings. The normalized spacial score (nSPS) is 17.7. The van der Waals surface area contributed by atoms with E-state index in [0.29, 0.717) is 0 Å². The van der Waals surface area contributed by atoms with E-state index in [0.717, 1.165) is 29.6 Å². The van der Waals surface area contributed by atoms with E-state index in [1.807, 2.05) is 6.92 Å². The smallest absolute Gasteiger partial charge is 0.0642 e. The van der Waals surface area contributed by atoms with Gasteiger partial charge in [0, 0.05) is 19.6 Å². The Morgan fingerprint density at radius 1 is 1.37 bits per heavy atom. The average molecular weight is 281 g/mol. The standard InChI is InChI=1S/C16H25ClN2/c1-12(18)9-14-7-8-16(15(17)10-14)19(2)11-13-5-3-4-6-13/h7-8,10,12-13H,3-6,9,11,18H2,1-2H3. The Balaban J connectivity index is 2.02. The maximum absolute atomic E-state index is 6.41. The van der Waals surface area contributed by atoms with E-state index in [1.165, 1.54) is 31.2 Å². The molecule has 0 amide bonds. The molecule has 2 rings (SSSR count). The van der Waals surface area contributed by atoms with Gasteiger partial charge in [0.25, 0.3) is 0 Å². The van der Waals surface area contributed by atoms with Crippen molar-refractivity contribution in [2.45, 2.75) is 45.1 Å². The lowest BCUT2D eigenvalue weighted by Gasteiger charge is -2.24. The van der Waals surface area contributed by atoms with Crippen molar-refractivity contribution in [3.05, 3.63) is 28.8 Å². The van der Waals surface area contributed by atoms with Crippen LogP contribution in [0.4, 0.5) is 5.69 Å². The molecule has 3 heteroatoms. The van der Waals surface area contributed by atoms with Crippen molar-refractivity contribution in [1.29, 1.82) is 0 Å². The summed E-state index contributed by atoms with van der Waals surface area (Å²) in [7, 11) is 2.14. The maximum Gasteiger partial charge on any atom is 0.0642 e. The van der Waals surface area contributed by atoms with Crippen LogP contribution in [-0.2, 0) is 6.42 Å². The quantitative estimate of drug-likeness (QED) is 0.887. The van der Waals surface area contributed by atoms with E-state index >= 15 is 0 Å². The first-order valence-electron chi connectivity index (χ1n) is 7.31. The Kier molecular flexibility index (Phi) is 5.12. The minimum absolute atomic E-state index is 0.179. The highest BCUT2D eigenvalue weighted by Crippen LogP contribution is 2.30. The van der Waals surface area contributed by atoms with Gasteiger partial charge in [0.15, 0.2) is 0 Å². The van der Waals surface area contributed by atoms with E-state index in [-0.39, 0.29) is 6.04 Å². The summed E-state index contributed by atoms with van der Waals surface area (Å²) in [4.78, 5) is 2.30. The summed E-state index contributed by atoms with van der Waals surface area (Å²) in [6, 6.07) is 6.52. The van der Waals surface area contributed by atoms with Crippen molar-refractivity contribution in [2.75, 3.05) is 18.5 Å². The van der Waals surface area contributed by atoms with Gasteiger partial charge in [0.05, 0.1) is 10.7 Å². The van der Waals surface area contributed by atoms with E-state index in [9.17, 15) is 0 Å². The molecule has 2 N–H and O–H groups in total. The Labute approximate surface area is 121 Å². The van der Waals surface area contributed by atoms with Crippen molar-refractivity contribution in [3.63, 3.8) is 0 Å². The van der Waals surface area contributed by atoms with Gasteiger partial charge in [-0.05, 0) is 49.8 Å². The van der Waals surface area contributed by atoms with Crippen LogP contribution < -0.4 is 10.6 Å². The number of hydrogen-bond donors (Lipinski definition) is 1. The van der Waals surface area contributed by atoms with Crippen LogP contribution in [0.25, 0.3) is 0 Å². The molecule has 1 aliphatic carbocycles. The first-order chi connectivity index (χ1) is 9.06. The second-order valence-corrected chi connectivity index (χ2v) is 6.41. The largest absolute Gasteiger partial charge is 0.373 e. The van der Waals surface area contributed by atoms with Crippen LogP contribution in [0.3, 0.4) is 0 Å². The topological polar surface area (TPSA) is 29.3 Å². The van der Waals surface area contributed by atoms with Crippen LogP contribution in [0.15, 0.2) is 18.2 Å². The Hall–Kier alpha value is -0.730. The van der Waals surface area contributed by atoms with Gasteiger partial charge in [-0.25, -0.2) is 0 Å². The Bertz CT molecular complexity index is 411. The summed E-state index contributed by atoms with van der Waals surface area (Å²) < 4.78 is 0. The van der Waals surface area contributed by atoms with Crippen molar-refractivity contribution >= 4 is 17.3 Å². The summed E-state index contributed by atoms with van der Waals surface area (Å²) in [5, 5.41) is 0.846. The van der Waals surface area contributed by atoms with Crippen molar-refractivity contribution < 1.29 is 0 Å². The molecule has 1 fully saturated rings. The third-order valence-electron chi connectivity index (χ3n) is 3.99. The molecule has 0 bridgehead atoms. The maximum atomic E-state index is 6.41. The molecule has 1 atom stereocenters. The zero-order chi connectivity index (χ0) is 13.8. The number of rotatable bonds is 5. The van der Waals surface area contributed by atoms with Crippen molar-refractivity contribution in [2.24, 2.45) is 11.7 Å². The van der Waals surface area contributed by atoms with Gasteiger partial charge in [-0.3, -0.25) is 0 Å². The minimum Gasteiger partial charge on any atom is -0.373 e. The fourth-order valence-electron chi connectivity index (χ4n) is 3.04. The zero-order valence-electron chi connectivity index (χ0n) is 12.0. The molecular weight excluding hydrogens is 256 g/mol. The van der Waals surface area contributed by atoms with Crippen molar-refractivity contribution in [1.82, 2.24) is 0 Å². The van der Waals surface area contributed by atoms with Gasteiger partial charge < -0.3 is 10.6 Å². The Morgan fingerprint density at radius 2 is 2.05 bits per heavy atom. The second kappa shape index (κ2) is 6.62. The van der Waals surface area contributed by atoms with E-state index < -0.39 is 0 Å². The number of nitrogens with zero attached hydrogens (tertiary/aromatic N) is 1. The summed E-state index contributed by atoms with van der Waals surface area (Å²) in [6.45, 7) is 3.14. The van der Waals surface area contributed by atoms with E-state index in [4.69, 9.17) is 17.3 Å². The first kappa shape index (κ1) is 14.7. The van der Waals surface area contributed by atoms with Gasteiger partial charge in [-0.15, -0.1) is 0 Å². The lowest BCUT2D eigenvalue weighted by atomic mass is 10.1. The van der Waals surface area contributed by atoms with Gasteiger partial charge in [-0.1, -0.05) is 30.5 Å². The monoisotopic (exact) mass is 280 g/mol. The van der Waals surface area contributed by atoms with Gasteiger partial charge in [-0.2, -0.15) is 0 Å². The summed E-state index contributed by atoms with van der Waals surface area (Å²) >= 11 is 6.41. The molecule has 0 spiro atoms. The molecule has 19 heavy (non-hydrogen) atoms. The van der Waals surface area contributed by atoms with Crippen LogP contribution in [0.2, 0.25) is 5.02 Å². The molecule has 0 saturated heterocycles. The van der Waals surface area contributed by atoms with Gasteiger partial charge in [0.2, 0.25) is 0 Å². The third-order valence-corrected chi connectivity index (χ3v) is 4.29. The predicted octanol–water partition coefficient (Wildman–Crippen LogP) is 3.86. The zero-order valence-corrected chi connectivity index (χ0v) is 12.8. The number of hydrogen-bond acceptors (Lipinski definition) is 2. The minimum atomic E-state index is 0.179. The van der Waals surface area contributed by atoms with E-state index in [2.05, 4.69) is 30.1 Å². The highest BCUT2D eigenvalue weighted by Gasteiger charge is 2.18. The van der Waals surface area contributed by atoms with Gasteiger partial charge >= 0.3 is 0 Å². The molecule has 0 radical (unpaired) electrons. The van der Waals surface area contributed by atoms with Crippen molar-refractivity contribution in [3.8, 4) is 0 Å². The number of nitrogens with two attached hydrogens (primary N) is 1. The molecule has 0 heterocycles. The lowest BCUT2D eigenvalue weighted by molar-refractivity contribution is 0.547. The van der Waals surface area contributed by atoms with Gasteiger partial charge in [0.1, 0.15) is 0 Å². The molecule has 0 aliphatic heterocycles. The summed E-state index contributed by atoms with van der Waals surface area (Å²) in [5.41, 5.74) is 8.19. The number of benzene rings is 1. The molecule has 1 saturated carbocycles. The van der Waals surface area contributed by atoms with Crippen LogP contribution in [0, 0.1) is 5.92 Å². The highest BCUT2D eigenvalue weighted by atomic mass is 35.5. The lowest BCUT2D eigenvalue weighted by Crippen LogP contribution is -2.24. The molecule has 1 aromatic carbocycles. The van der Waals surface area contributed by atoms with E-state index in [1.54, 1.807) is 0 Å². The third kappa shape index (κ3) is 4.12. The van der Waals surface area contributed by atoms with Crippen LogP contribution in [-0.4, -0.2) is 19.6 Å². The molecule has 106 valence electrons. The molecule has 2 nitrogen and oxygen atoms in total. The fourth-order valence-corrected chi connectivity index (χ4v) is 3.38. The summed E-state index contributed by atoms with van der Waals surface area (Å²) in [5.74, 6) is 0.838. The number of anilines is 1. The second-order valence-electron chi connectivity index (χ2n) is 6.00. The molecule has 0 aromatic heterocycles. The fraction of sp³-hybridized carbons (Fsp3) is 0.625. The molecule has 1 unspecified atom stereocenters. The van der Waals surface area contributed by atoms with Crippen LogP contribution >= 0.6 is 11.6 Å². The van der Waals surface area contributed by atoms with Crippen LogP contribution in [0.5, 0.6) is 0 Å². The molecular formula is C16H25ClN2. The van der Waals surface area contributed by atoms with Crippen LogP contribution in [0.1, 0.15) is 38.2 Å². The average Bonchev–Trinajstić information content (AvgIpc) is 2.80. The summed E-state index contributed by atoms with van der Waals surface area (Å²) in [6.07, 6.45) is 6.39. The predicted molar refractivity (Wildman–Crippen MR) is 84.0 cm³/mol. The molecule has 1 aliphatic rings.